The fraction of sp³-hybridized carbons (Fsp3) is 0.222. The number of methoxy groups -OCH3 is 1. The molecule has 7 heteroatoms. The highest BCUT2D eigenvalue weighted by Gasteiger charge is 2.21. The Morgan fingerprint density at radius 2 is 2.04 bits per heavy atom. The van der Waals surface area contributed by atoms with Gasteiger partial charge in [0.2, 0.25) is 0 Å². The van der Waals surface area contributed by atoms with E-state index in [2.05, 4.69) is 5.32 Å². The second-order valence-corrected chi connectivity index (χ2v) is 6.53. The SMILES string of the molecule is COc1ccc(C(=O)NC(CC(=O)O)c2cccc(Cl)c2)c(SC)c1. The lowest BCUT2D eigenvalue weighted by atomic mass is 10.0. The first-order chi connectivity index (χ1) is 11.9. The van der Waals surface area contributed by atoms with Gasteiger partial charge in [-0.15, -0.1) is 11.8 Å². The third kappa shape index (κ3) is 5.14. The van der Waals surface area contributed by atoms with Gasteiger partial charge in [-0.3, -0.25) is 9.59 Å². The van der Waals surface area contributed by atoms with Gasteiger partial charge in [0.1, 0.15) is 5.75 Å². The maximum atomic E-state index is 12.7. The van der Waals surface area contributed by atoms with Gasteiger partial charge < -0.3 is 15.2 Å². The van der Waals surface area contributed by atoms with E-state index in [0.29, 0.717) is 21.9 Å². The minimum atomic E-state index is -1.01. The summed E-state index contributed by atoms with van der Waals surface area (Å²) in [6.07, 6.45) is 1.62. The Morgan fingerprint density at radius 3 is 2.64 bits per heavy atom. The van der Waals surface area contributed by atoms with Gasteiger partial charge >= 0.3 is 5.97 Å². The Morgan fingerprint density at radius 1 is 1.28 bits per heavy atom. The summed E-state index contributed by atoms with van der Waals surface area (Å²) in [5.41, 5.74) is 1.10. The monoisotopic (exact) mass is 379 g/mol. The lowest BCUT2D eigenvalue weighted by Gasteiger charge is -2.19. The standard InChI is InChI=1S/C18H18ClNO4S/c1-24-13-6-7-14(16(9-13)25-2)18(23)20-15(10-17(21)22)11-4-3-5-12(19)8-11/h3-9,15H,10H2,1-2H3,(H,20,23)(H,21,22). The molecule has 2 aromatic carbocycles. The molecule has 0 aromatic heterocycles. The van der Waals surface area contributed by atoms with Crippen LogP contribution in [0.1, 0.15) is 28.4 Å². The molecular formula is C18H18ClNO4S. The Labute approximate surface area is 155 Å². The van der Waals surface area contributed by atoms with Crippen LogP contribution in [0.15, 0.2) is 47.4 Å². The molecule has 0 saturated heterocycles. The van der Waals surface area contributed by atoms with Crippen LogP contribution in [0.5, 0.6) is 5.75 Å². The Balaban J connectivity index is 2.29. The maximum absolute atomic E-state index is 12.7. The molecule has 0 aliphatic rings. The molecule has 2 aromatic rings. The smallest absolute Gasteiger partial charge is 0.305 e. The number of thioether (sulfide) groups is 1. The first-order valence-electron chi connectivity index (χ1n) is 7.44. The molecule has 0 heterocycles. The first-order valence-corrected chi connectivity index (χ1v) is 9.05. The number of carbonyl (C=O) groups is 2. The van der Waals surface area contributed by atoms with Crippen molar-refractivity contribution in [2.24, 2.45) is 0 Å². The molecule has 0 saturated carbocycles. The third-order valence-corrected chi connectivity index (χ3v) is 4.60. The molecule has 0 spiro atoms. The van der Waals surface area contributed by atoms with Crippen LogP contribution in [-0.4, -0.2) is 30.3 Å². The molecule has 0 bridgehead atoms. The van der Waals surface area contributed by atoms with Gasteiger partial charge in [0, 0.05) is 9.92 Å². The van der Waals surface area contributed by atoms with Crippen LogP contribution in [0.4, 0.5) is 0 Å². The summed E-state index contributed by atoms with van der Waals surface area (Å²) < 4.78 is 5.17. The molecule has 132 valence electrons. The summed E-state index contributed by atoms with van der Waals surface area (Å²) >= 11 is 7.40. The van der Waals surface area contributed by atoms with Crippen molar-refractivity contribution in [3.63, 3.8) is 0 Å². The van der Waals surface area contributed by atoms with Crippen LogP contribution in [-0.2, 0) is 4.79 Å². The minimum absolute atomic E-state index is 0.239. The quantitative estimate of drug-likeness (QED) is 0.711. The van der Waals surface area contributed by atoms with Crippen molar-refractivity contribution in [2.75, 3.05) is 13.4 Å². The molecule has 1 unspecified atom stereocenters. The van der Waals surface area contributed by atoms with Gasteiger partial charge in [0.25, 0.3) is 5.91 Å². The zero-order valence-corrected chi connectivity index (χ0v) is 15.4. The van der Waals surface area contributed by atoms with Gasteiger partial charge in [0.05, 0.1) is 25.1 Å². The number of hydrogen-bond acceptors (Lipinski definition) is 4. The van der Waals surface area contributed by atoms with Gasteiger partial charge in [-0.1, -0.05) is 23.7 Å². The fourth-order valence-corrected chi connectivity index (χ4v) is 3.19. The second-order valence-electron chi connectivity index (χ2n) is 5.25. The number of ether oxygens (including phenoxy) is 1. The van der Waals surface area contributed by atoms with E-state index in [4.69, 9.17) is 21.4 Å². The lowest BCUT2D eigenvalue weighted by Crippen LogP contribution is -2.30. The number of halogens is 1. The van der Waals surface area contributed by atoms with E-state index in [1.807, 2.05) is 6.26 Å². The van der Waals surface area contributed by atoms with Crippen LogP contribution in [0, 0.1) is 0 Å². The number of benzene rings is 2. The Hall–Kier alpha value is -2.18. The summed E-state index contributed by atoms with van der Waals surface area (Å²) in [5, 5.41) is 12.4. The number of carboxylic acids is 1. The number of nitrogens with one attached hydrogen (secondary N) is 1. The molecule has 0 aliphatic heterocycles. The normalized spacial score (nSPS) is 11.6. The number of carboxylic acid groups (broad SMARTS) is 1. The fourth-order valence-electron chi connectivity index (χ4n) is 2.37. The Kier molecular flexibility index (Phi) is 6.73. The summed E-state index contributed by atoms with van der Waals surface area (Å²) in [6.45, 7) is 0. The van der Waals surface area contributed by atoms with Crippen LogP contribution in [0.2, 0.25) is 5.02 Å². The van der Waals surface area contributed by atoms with Crippen molar-refractivity contribution in [2.45, 2.75) is 17.4 Å². The number of carbonyl (C=O) groups excluding carboxylic acids is 1. The van der Waals surface area contributed by atoms with Crippen molar-refractivity contribution in [3.8, 4) is 5.75 Å². The summed E-state index contributed by atoms with van der Waals surface area (Å²) in [7, 11) is 1.56. The van der Waals surface area contributed by atoms with E-state index in [1.54, 1.807) is 49.6 Å². The van der Waals surface area contributed by atoms with Crippen molar-refractivity contribution in [3.05, 3.63) is 58.6 Å². The largest absolute Gasteiger partial charge is 0.497 e. The van der Waals surface area contributed by atoms with Gasteiger partial charge in [-0.2, -0.15) is 0 Å². The maximum Gasteiger partial charge on any atom is 0.305 e. The highest BCUT2D eigenvalue weighted by Crippen LogP contribution is 2.27. The predicted octanol–water partition coefficient (Wildman–Crippen LogP) is 4.02. The average Bonchev–Trinajstić information content (AvgIpc) is 2.60. The molecular weight excluding hydrogens is 362 g/mol. The van der Waals surface area contributed by atoms with E-state index in [9.17, 15) is 9.59 Å². The first kappa shape index (κ1) is 19.1. The zero-order valence-electron chi connectivity index (χ0n) is 13.8. The molecule has 1 amide bonds. The van der Waals surface area contributed by atoms with Crippen molar-refractivity contribution < 1.29 is 19.4 Å². The number of aliphatic carboxylic acids is 1. The second kappa shape index (κ2) is 8.78. The molecule has 1 atom stereocenters. The summed E-state index contributed by atoms with van der Waals surface area (Å²) in [6, 6.07) is 11.3. The molecule has 0 aliphatic carbocycles. The summed E-state index contributed by atoms with van der Waals surface area (Å²) in [4.78, 5) is 24.6. The van der Waals surface area contributed by atoms with E-state index in [0.717, 1.165) is 4.90 Å². The van der Waals surface area contributed by atoms with E-state index < -0.39 is 12.0 Å². The molecule has 0 fully saturated rings. The topological polar surface area (TPSA) is 75.6 Å². The molecule has 2 rings (SSSR count). The molecule has 5 nitrogen and oxygen atoms in total. The zero-order chi connectivity index (χ0) is 18.4. The Bertz CT molecular complexity index is 781. The van der Waals surface area contributed by atoms with Gasteiger partial charge in [-0.05, 0) is 42.2 Å². The summed E-state index contributed by atoms with van der Waals surface area (Å²) in [5.74, 6) is -0.707. The highest BCUT2D eigenvalue weighted by atomic mass is 35.5. The van der Waals surface area contributed by atoms with Crippen LogP contribution in [0.3, 0.4) is 0 Å². The van der Waals surface area contributed by atoms with E-state index in [1.165, 1.54) is 11.8 Å². The van der Waals surface area contributed by atoms with Crippen molar-refractivity contribution in [1.29, 1.82) is 0 Å². The van der Waals surface area contributed by atoms with Crippen LogP contribution in [0.25, 0.3) is 0 Å². The van der Waals surface area contributed by atoms with Gasteiger partial charge in [0.15, 0.2) is 0 Å². The molecule has 2 N–H and O–H groups in total. The average molecular weight is 380 g/mol. The number of amides is 1. The van der Waals surface area contributed by atoms with Crippen molar-refractivity contribution >= 4 is 35.2 Å². The number of hydrogen-bond donors (Lipinski definition) is 2. The minimum Gasteiger partial charge on any atom is -0.497 e. The lowest BCUT2D eigenvalue weighted by molar-refractivity contribution is -0.137. The van der Waals surface area contributed by atoms with Crippen LogP contribution < -0.4 is 10.1 Å². The predicted molar refractivity (Wildman–Crippen MR) is 98.7 cm³/mol. The number of rotatable bonds is 7. The van der Waals surface area contributed by atoms with E-state index >= 15 is 0 Å². The molecule has 0 radical (unpaired) electrons. The molecule has 25 heavy (non-hydrogen) atoms. The van der Waals surface area contributed by atoms with Crippen molar-refractivity contribution in [1.82, 2.24) is 5.32 Å². The highest BCUT2D eigenvalue weighted by molar-refractivity contribution is 7.98. The van der Waals surface area contributed by atoms with E-state index in [-0.39, 0.29) is 12.3 Å². The third-order valence-electron chi connectivity index (χ3n) is 3.59. The van der Waals surface area contributed by atoms with Gasteiger partial charge in [-0.25, -0.2) is 0 Å². The van der Waals surface area contributed by atoms with Crippen LogP contribution >= 0.6 is 23.4 Å².